The van der Waals surface area contributed by atoms with Gasteiger partial charge in [0.2, 0.25) is 15.9 Å². The molecule has 0 radical (unpaired) electrons. The van der Waals surface area contributed by atoms with Crippen molar-refractivity contribution < 1.29 is 17.9 Å². The van der Waals surface area contributed by atoms with Gasteiger partial charge in [-0.05, 0) is 44.4 Å². The van der Waals surface area contributed by atoms with Crippen molar-refractivity contribution in [2.45, 2.75) is 56.6 Å². The monoisotopic (exact) mass is 380 g/mol. The lowest BCUT2D eigenvalue weighted by Crippen LogP contribution is -2.48. The van der Waals surface area contributed by atoms with Gasteiger partial charge >= 0.3 is 0 Å². The lowest BCUT2D eigenvalue weighted by atomic mass is 10.1. The molecule has 0 N–H and O–H groups in total. The summed E-state index contributed by atoms with van der Waals surface area (Å²) >= 11 is 0. The van der Waals surface area contributed by atoms with E-state index in [9.17, 15) is 13.2 Å². The van der Waals surface area contributed by atoms with Crippen LogP contribution < -0.4 is 0 Å². The van der Waals surface area contributed by atoms with Gasteiger partial charge in [0, 0.05) is 26.2 Å². The van der Waals surface area contributed by atoms with Crippen LogP contribution in [-0.4, -0.2) is 61.9 Å². The summed E-state index contributed by atoms with van der Waals surface area (Å²) in [6.45, 7) is 6.33. The summed E-state index contributed by atoms with van der Waals surface area (Å²) in [4.78, 5) is 14.7. The third-order valence-corrected chi connectivity index (χ3v) is 6.92. The van der Waals surface area contributed by atoms with Crippen molar-refractivity contribution in [3.8, 4) is 0 Å². The van der Waals surface area contributed by atoms with Crippen molar-refractivity contribution in [3.05, 3.63) is 29.8 Å². The molecule has 26 heavy (non-hydrogen) atoms. The molecule has 2 aliphatic heterocycles. The molecule has 0 unspecified atom stereocenters. The summed E-state index contributed by atoms with van der Waals surface area (Å²) in [5.41, 5.74) is 0.833. The van der Waals surface area contributed by atoms with E-state index in [2.05, 4.69) is 0 Å². The number of piperidine rings is 1. The van der Waals surface area contributed by atoms with Crippen LogP contribution in [0.4, 0.5) is 0 Å². The highest BCUT2D eigenvalue weighted by atomic mass is 32.2. The maximum atomic E-state index is 12.7. The summed E-state index contributed by atoms with van der Waals surface area (Å²) < 4.78 is 32.6. The van der Waals surface area contributed by atoms with Crippen molar-refractivity contribution in [1.82, 2.24) is 9.21 Å². The Bertz CT molecular complexity index is 716. The number of carbonyl (C=O) groups is 1. The van der Waals surface area contributed by atoms with Crippen LogP contribution in [0.3, 0.4) is 0 Å². The van der Waals surface area contributed by atoms with Crippen LogP contribution in [0.15, 0.2) is 29.2 Å². The summed E-state index contributed by atoms with van der Waals surface area (Å²) in [6, 6.07) is 6.75. The summed E-state index contributed by atoms with van der Waals surface area (Å²) in [7, 11) is -3.42. The van der Waals surface area contributed by atoms with E-state index in [-0.39, 0.29) is 24.5 Å². The molecule has 1 aromatic carbocycles. The lowest BCUT2D eigenvalue weighted by molar-refractivity contribution is -0.142. The minimum atomic E-state index is -3.42. The molecule has 0 aromatic heterocycles. The van der Waals surface area contributed by atoms with E-state index in [4.69, 9.17) is 4.74 Å². The summed E-state index contributed by atoms with van der Waals surface area (Å²) in [6.07, 6.45) is 3.29. The Hall–Kier alpha value is -1.44. The van der Waals surface area contributed by atoms with Gasteiger partial charge in [-0.3, -0.25) is 4.79 Å². The predicted molar refractivity (Wildman–Crippen MR) is 99.3 cm³/mol. The van der Waals surface area contributed by atoms with Gasteiger partial charge in [-0.25, -0.2) is 8.42 Å². The van der Waals surface area contributed by atoms with Crippen LogP contribution in [0.2, 0.25) is 0 Å². The zero-order valence-corrected chi connectivity index (χ0v) is 16.4. The van der Waals surface area contributed by atoms with E-state index in [1.54, 1.807) is 28.6 Å². The number of rotatable bonds is 4. The summed E-state index contributed by atoms with van der Waals surface area (Å²) in [5.74, 6) is 0.0543. The second kappa shape index (κ2) is 8.06. The van der Waals surface area contributed by atoms with Gasteiger partial charge in [-0.1, -0.05) is 18.6 Å². The van der Waals surface area contributed by atoms with E-state index < -0.39 is 10.0 Å². The zero-order valence-electron chi connectivity index (χ0n) is 15.6. The fourth-order valence-corrected chi connectivity index (χ4v) is 5.22. The van der Waals surface area contributed by atoms with E-state index in [0.717, 1.165) is 24.8 Å². The Morgan fingerprint density at radius 2 is 1.62 bits per heavy atom. The largest absolute Gasteiger partial charge is 0.372 e. The molecule has 1 amide bonds. The predicted octanol–water partition coefficient (Wildman–Crippen LogP) is 2.04. The number of amides is 1. The minimum Gasteiger partial charge on any atom is -0.372 e. The molecule has 0 spiro atoms. The molecule has 2 aliphatic rings. The van der Waals surface area contributed by atoms with Crippen LogP contribution in [-0.2, 0) is 26.0 Å². The first-order valence-corrected chi connectivity index (χ1v) is 10.8. The average molecular weight is 381 g/mol. The van der Waals surface area contributed by atoms with Gasteiger partial charge in [-0.2, -0.15) is 4.31 Å². The van der Waals surface area contributed by atoms with Crippen LogP contribution in [0.25, 0.3) is 0 Å². The van der Waals surface area contributed by atoms with Crippen molar-refractivity contribution in [3.63, 3.8) is 0 Å². The molecular weight excluding hydrogens is 352 g/mol. The SMILES string of the molecule is C[C@@H]1CN(C(=O)Cc2ccc(S(=O)(=O)N3CCCCC3)cc2)C[C@H](C)O1. The molecule has 2 saturated heterocycles. The number of nitrogens with zero attached hydrogens (tertiary/aromatic N) is 2. The smallest absolute Gasteiger partial charge is 0.243 e. The lowest BCUT2D eigenvalue weighted by Gasteiger charge is -2.35. The average Bonchev–Trinajstić information content (AvgIpc) is 2.62. The molecule has 2 atom stereocenters. The maximum absolute atomic E-state index is 12.7. The van der Waals surface area contributed by atoms with Crippen LogP contribution >= 0.6 is 0 Å². The first-order valence-electron chi connectivity index (χ1n) is 9.38. The number of sulfonamides is 1. The molecule has 1 aromatic rings. The van der Waals surface area contributed by atoms with E-state index >= 15 is 0 Å². The number of hydrogen-bond donors (Lipinski definition) is 0. The first kappa shape index (κ1) is 19.3. The van der Waals surface area contributed by atoms with Crippen molar-refractivity contribution in [2.24, 2.45) is 0 Å². The summed E-state index contributed by atoms with van der Waals surface area (Å²) in [5, 5.41) is 0. The van der Waals surface area contributed by atoms with Gasteiger partial charge in [0.1, 0.15) is 0 Å². The molecule has 7 heteroatoms. The van der Waals surface area contributed by atoms with Crippen molar-refractivity contribution in [2.75, 3.05) is 26.2 Å². The van der Waals surface area contributed by atoms with Gasteiger partial charge in [-0.15, -0.1) is 0 Å². The zero-order chi connectivity index (χ0) is 18.7. The molecule has 2 heterocycles. The van der Waals surface area contributed by atoms with E-state index in [0.29, 0.717) is 31.1 Å². The van der Waals surface area contributed by atoms with Crippen LogP contribution in [0.5, 0.6) is 0 Å². The highest BCUT2D eigenvalue weighted by Gasteiger charge is 2.27. The fourth-order valence-electron chi connectivity index (χ4n) is 3.70. The third kappa shape index (κ3) is 4.45. The molecule has 2 fully saturated rings. The molecule has 0 bridgehead atoms. The number of morpholine rings is 1. The second-order valence-electron chi connectivity index (χ2n) is 7.34. The van der Waals surface area contributed by atoms with Gasteiger partial charge in [0.25, 0.3) is 0 Å². The number of ether oxygens (including phenoxy) is 1. The Balaban J connectivity index is 1.65. The van der Waals surface area contributed by atoms with Gasteiger partial charge in [0.05, 0.1) is 23.5 Å². The van der Waals surface area contributed by atoms with Crippen LogP contribution in [0.1, 0.15) is 38.7 Å². The topological polar surface area (TPSA) is 66.9 Å². The molecular formula is C19H28N2O4S. The van der Waals surface area contributed by atoms with Crippen LogP contribution in [0, 0.1) is 0 Å². The Morgan fingerprint density at radius 1 is 1.04 bits per heavy atom. The minimum absolute atomic E-state index is 0.0414. The molecule has 144 valence electrons. The van der Waals surface area contributed by atoms with E-state index in [1.807, 2.05) is 18.7 Å². The molecule has 6 nitrogen and oxygen atoms in total. The Labute approximate surface area is 156 Å². The second-order valence-corrected chi connectivity index (χ2v) is 9.28. The maximum Gasteiger partial charge on any atom is 0.243 e. The number of benzene rings is 1. The molecule has 0 saturated carbocycles. The Kier molecular flexibility index (Phi) is 5.99. The first-order chi connectivity index (χ1) is 12.4. The Morgan fingerprint density at radius 3 is 2.19 bits per heavy atom. The normalized spacial score (nSPS) is 25.2. The van der Waals surface area contributed by atoms with Gasteiger partial charge < -0.3 is 9.64 Å². The highest BCUT2D eigenvalue weighted by molar-refractivity contribution is 7.89. The third-order valence-electron chi connectivity index (χ3n) is 5.00. The van der Waals surface area contributed by atoms with Crippen molar-refractivity contribution in [1.29, 1.82) is 0 Å². The molecule has 0 aliphatic carbocycles. The highest BCUT2D eigenvalue weighted by Crippen LogP contribution is 2.21. The van der Waals surface area contributed by atoms with E-state index in [1.165, 1.54) is 0 Å². The van der Waals surface area contributed by atoms with Crippen molar-refractivity contribution >= 4 is 15.9 Å². The standard InChI is InChI=1S/C19H28N2O4S/c1-15-13-20(14-16(2)25-15)19(22)12-17-6-8-18(9-7-17)26(23,24)21-10-4-3-5-11-21/h6-9,15-16H,3-5,10-14H2,1-2H3/t15-,16+. The fraction of sp³-hybridized carbons (Fsp3) is 0.632. The number of hydrogen-bond acceptors (Lipinski definition) is 4. The van der Waals surface area contributed by atoms with Gasteiger partial charge in [0.15, 0.2) is 0 Å². The number of carbonyl (C=O) groups excluding carboxylic acids is 1. The quantitative estimate of drug-likeness (QED) is 0.802. The molecule has 3 rings (SSSR count).